The zero-order chi connectivity index (χ0) is 26.5. The summed E-state index contributed by atoms with van der Waals surface area (Å²) >= 11 is 1.48. The van der Waals surface area contributed by atoms with Crippen LogP contribution in [0.4, 0.5) is 0 Å². The monoisotopic (exact) mass is 508 g/mol. The molecule has 0 heterocycles. The first-order valence-corrected chi connectivity index (χ1v) is 13.3. The van der Waals surface area contributed by atoms with E-state index in [1.54, 1.807) is 13.8 Å². The van der Waals surface area contributed by atoms with Gasteiger partial charge in [-0.3, -0.25) is 14.4 Å². The maximum Gasteiger partial charge on any atom is 0.326 e. The summed E-state index contributed by atoms with van der Waals surface area (Å²) in [5, 5.41) is 17.4. The zero-order valence-corrected chi connectivity index (χ0v) is 22.1. The Morgan fingerprint density at radius 1 is 0.914 bits per heavy atom. The first kappa shape index (κ1) is 30.4. The number of carboxylic acid groups (broad SMARTS) is 1. The number of amides is 3. The Morgan fingerprint density at radius 3 is 2.03 bits per heavy atom. The Hall–Kier alpha value is -2.59. The van der Waals surface area contributed by atoms with E-state index < -0.39 is 47.9 Å². The molecule has 1 rings (SSSR count). The molecule has 9 nitrogen and oxygen atoms in total. The number of carbonyl (C=O) groups is 4. The molecule has 0 aliphatic rings. The normalized spacial score (nSPS) is 14.6. The first-order chi connectivity index (χ1) is 16.5. The highest BCUT2D eigenvalue weighted by Crippen LogP contribution is 2.10. The minimum absolute atomic E-state index is 0.0886. The van der Waals surface area contributed by atoms with Crippen LogP contribution < -0.4 is 21.7 Å². The number of nitrogens with two attached hydrogens (primary N) is 1. The van der Waals surface area contributed by atoms with Crippen LogP contribution in [-0.4, -0.2) is 65.0 Å². The number of nitrogens with one attached hydrogen (secondary N) is 3. The zero-order valence-electron chi connectivity index (χ0n) is 21.2. The van der Waals surface area contributed by atoms with Gasteiger partial charge in [-0.15, -0.1) is 0 Å². The molecule has 0 aliphatic heterocycles. The van der Waals surface area contributed by atoms with Crippen LogP contribution in [0.3, 0.4) is 0 Å². The van der Waals surface area contributed by atoms with E-state index in [2.05, 4.69) is 16.0 Å². The van der Waals surface area contributed by atoms with Crippen LogP contribution in [0, 0.1) is 11.8 Å². The van der Waals surface area contributed by atoms with Crippen LogP contribution in [0.5, 0.6) is 0 Å². The van der Waals surface area contributed by atoms with Gasteiger partial charge in [0.2, 0.25) is 17.7 Å². The highest BCUT2D eigenvalue weighted by atomic mass is 32.2. The van der Waals surface area contributed by atoms with Crippen molar-refractivity contribution in [2.45, 2.75) is 71.1 Å². The number of carboxylic acids is 1. The standard InChI is InChI=1S/C25H40N4O5S/c1-15(2)13-20(28-22(30)18(26)14-17-9-7-6-8-10-17)23(31)29-21(16(3)4)24(32)27-19(25(33)34)11-12-35-5/h6-10,15-16,18-21H,11-14,26H2,1-5H3,(H,27,32)(H,28,30)(H,29,31)(H,33,34). The molecule has 1 aromatic rings. The van der Waals surface area contributed by atoms with Crippen molar-refractivity contribution in [3.63, 3.8) is 0 Å². The largest absolute Gasteiger partial charge is 0.480 e. The Morgan fingerprint density at radius 2 is 1.51 bits per heavy atom. The van der Waals surface area contributed by atoms with Crippen molar-refractivity contribution in [2.75, 3.05) is 12.0 Å². The number of hydrogen-bond donors (Lipinski definition) is 5. The van der Waals surface area contributed by atoms with E-state index in [-0.39, 0.29) is 18.3 Å². The predicted molar refractivity (Wildman–Crippen MR) is 139 cm³/mol. The summed E-state index contributed by atoms with van der Waals surface area (Å²) in [5.41, 5.74) is 6.99. The average molecular weight is 509 g/mol. The van der Waals surface area contributed by atoms with E-state index in [0.29, 0.717) is 18.6 Å². The van der Waals surface area contributed by atoms with Gasteiger partial charge in [0.05, 0.1) is 6.04 Å². The van der Waals surface area contributed by atoms with E-state index in [4.69, 9.17) is 5.73 Å². The van der Waals surface area contributed by atoms with Gasteiger partial charge in [0, 0.05) is 0 Å². The van der Waals surface area contributed by atoms with Gasteiger partial charge >= 0.3 is 5.97 Å². The Bertz CT molecular complexity index is 834. The number of carbonyl (C=O) groups excluding carboxylic acids is 3. The maximum atomic E-state index is 13.1. The lowest BCUT2D eigenvalue weighted by atomic mass is 9.99. The molecule has 3 amide bonds. The van der Waals surface area contributed by atoms with E-state index in [1.165, 1.54) is 11.8 Å². The third kappa shape index (κ3) is 11.1. The minimum Gasteiger partial charge on any atom is -0.480 e. The van der Waals surface area contributed by atoms with Crippen molar-refractivity contribution in [1.29, 1.82) is 0 Å². The molecule has 0 aromatic heterocycles. The van der Waals surface area contributed by atoms with Crippen LogP contribution in [0.25, 0.3) is 0 Å². The molecule has 4 atom stereocenters. The smallest absolute Gasteiger partial charge is 0.326 e. The topological polar surface area (TPSA) is 151 Å². The SMILES string of the molecule is CSCCC(NC(=O)C(NC(=O)C(CC(C)C)NC(=O)C(N)Cc1ccccc1)C(C)C)C(=O)O. The molecule has 0 spiro atoms. The lowest BCUT2D eigenvalue weighted by Crippen LogP contribution is -2.58. The molecule has 0 aliphatic carbocycles. The summed E-state index contributed by atoms with van der Waals surface area (Å²) in [6.45, 7) is 7.36. The summed E-state index contributed by atoms with van der Waals surface area (Å²) in [7, 11) is 0. The number of rotatable bonds is 15. The molecule has 196 valence electrons. The molecular formula is C25H40N4O5S. The van der Waals surface area contributed by atoms with Crippen molar-refractivity contribution in [3.05, 3.63) is 35.9 Å². The van der Waals surface area contributed by atoms with E-state index in [9.17, 15) is 24.3 Å². The molecule has 4 unspecified atom stereocenters. The number of aliphatic carboxylic acids is 1. The second-order valence-corrected chi connectivity index (χ2v) is 10.4. The average Bonchev–Trinajstić information content (AvgIpc) is 2.79. The number of hydrogen-bond acceptors (Lipinski definition) is 6. The lowest BCUT2D eigenvalue weighted by molar-refractivity contribution is -0.142. The van der Waals surface area contributed by atoms with E-state index in [0.717, 1.165) is 5.56 Å². The quantitative estimate of drug-likeness (QED) is 0.241. The van der Waals surface area contributed by atoms with Gasteiger partial charge in [0.25, 0.3) is 0 Å². The Labute approximate surface area is 212 Å². The number of benzene rings is 1. The molecule has 6 N–H and O–H groups in total. The molecular weight excluding hydrogens is 468 g/mol. The molecule has 1 aromatic carbocycles. The summed E-state index contributed by atoms with van der Waals surface area (Å²) < 4.78 is 0. The Balaban J connectivity index is 2.90. The van der Waals surface area contributed by atoms with Crippen LogP contribution in [0.2, 0.25) is 0 Å². The molecule has 10 heteroatoms. The van der Waals surface area contributed by atoms with Crippen molar-refractivity contribution in [1.82, 2.24) is 16.0 Å². The Kier molecular flexibility index (Phi) is 13.4. The highest BCUT2D eigenvalue weighted by molar-refractivity contribution is 7.98. The second-order valence-electron chi connectivity index (χ2n) is 9.40. The molecule has 0 bridgehead atoms. The maximum absolute atomic E-state index is 13.1. The van der Waals surface area contributed by atoms with E-state index in [1.807, 2.05) is 50.4 Å². The fourth-order valence-electron chi connectivity index (χ4n) is 3.49. The van der Waals surface area contributed by atoms with Gasteiger partial charge in [-0.25, -0.2) is 4.79 Å². The molecule has 0 fully saturated rings. The van der Waals surface area contributed by atoms with Crippen molar-refractivity contribution < 1.29 is 24.3 Å². The summed E-state index contributed by atoms with van der Waals surface area (Å²) in [6, 6.07) is 5.63. The second kappa shape index (κ2) is 15.4. The fourth-order valence-corrected chi connectivity index (χ4v) is 3.96. The van der Waals surface area contributed by atoms with Crippen LogP contribution in [-0.2, 0) is 25.6 Å². The van der Waals surface area contributed by atoms with Gasteiger partial charge in [-0.2, -0.15) is 11.8 Å². The summed E-state index contributed by atoms with van der Waals surface area (Å²) in [5.74, 6) is -2.31. The van der Waals surface area contributed by atoms with Crippen LogP contribution >= 0.6 is 11.8 Å². The number of thioether (sulfide) groups is 1. The van der Waals surface area contributed by atoms with Crippen LogP contribution in [0.15, 0.2) is 30.3 Å². The highest BCUT2D eigenvalue weighted by Gasteiger charge is 2.32. The van der Waals surface area contributed by atoms with Crippen LogP contribution in [0.1, 0.15) is 46.1 Å². The van der Waals surface area contributed by atoms with Crippen molar-refractivity contribution >= 4 is 35.5 Å². The van der Waals surface area contributed by atoms with Crippen molar-refractivity contribution in [2.24, 2.45) is 17.6 Å². The van der Waals surface area contributed by atoms with E-state index >= 15 is 0 Å². The molecule has 0 radical (unpaired) electrons. The first-order valence-electron chi connectivity index (χ1n) is 11.9. The van der Waals surface area contributed by atoms with Gasteiger partial charge in [0.1, 0.15) is 18.1 Å². The van der Waals surface area contributed by atoms with Crippen molar-refractivity contribution in [3.8, 4) is 0 Å². The molecule has 35 heavy (non-hydrogen) atoms. The van der Waals surface area contributed by atoms with Gasteiger partial charge in [-0.05, 0) is 48.7 Å². The minimum atomic E-state index is -1.13. The third-order valence-electron chi connectivity index (χ3n) is 5.45. The predicted octanol–water partition coefficient (Wildman–Crippen LogP) is 1.55. The summed E-state index contributed by atoms with van der Waals surface area (Å²) in [6.07, 6.45) is 2.80. The van der Waals surface area contributed by atoms with Gasteiger partial charge in [-0.1, -0.05) is 58.0 Å². The fraction of sp³-hybridized carbons (Fsp3) is 0.600. The molecule has 0 saturated heterocycles. The van der Waals surface area contributed by atoms with Gasteiger partial charge < -0.3 is 26.8 Å². The lowest BCUT2D eigenvalue weighted by Gasteiger charge is -2.27. The molecule has 0 saturated carbocycles. The van der Waals surface area contributed by atoms with Gasteiger partial charge in [0.15, 0.2) is 0 Å². The summed E-state index contributed by atoms with van der Waals surface area (Å²) in [4.78, 5) is 50.3. The third-order valence-corrected chi connectivity index (χ3v) is 6.09.